The number of thioether (sulfide) groups is 1. The van der Waals surface area contributed by atoms with E-state index in [0.717, 1.165) is 5.56 Å². The van der Waals surface area contributed by atoms with Crippen molar-refractivity contribution in [2.45, 2.75) is 18.1 Å². The number of hydrogen-bond donors (Lipinski definition) is 1. The van der Waals surface area contributed by atoms with Crippen LogP contribution in [0.3, 0.4) is 0 Å². The van der Waals surface area contributed by atoms with Gasteiger partial charge in [0, 0.05) is 17.2 Å². The summed E-state index contributed by atoms with van der Waals surface area (Å²) in [5.74, 6) is 0.851. The molecule has 1 aromatic carbocycles. The molecule has 6 heteroatoms. The maximum absolute atomic E-state index is 12.0. The molecule has 3 rings (SSSR count). The Morgan fingerprint density at radius 1 is 1.35 bits per heavy atom. The zero-order valence-electron chi connectivity index (χ0n) is 12.1. The highest BCUT2D eigenvalue weighted by Crippen LogP contribution is 2.37. The molecule has 1 aliphatic heterocycles. The molecule has 23 heavy (non-hydrogen) atoms. The van der Waals surface area contributed by atoms with Crippen LogP contribution >= 0.6 is 23.4 Å². The summed E-state index contributed by atoms with van der Waals surface area (Å²) < 4.78 is 5.39. The monoisotopic (exact) mass is 344 g/mol. The molecule has 0 bridgehead atoms. The minimum Gasteiger partial charge on any atom is -0.469 e. The molecule has 1 aromatic heterocycles. The minimum atomic E-state index is -0.323. The highest BCUT2D eigenvalue weighted by molar-refractivity contribution is 8.02. The number of carbonyl (C=O) groups excluding carboxylic acids is 1. The van der Waals surface area contributed by atoms with Crippen LogP contribution in [0.15, 0.2) is 57.7 Å². The third kappa shape index (κ3) is 3.61. The molecule has 4 nitrogen and oxygen atoms in total. The second-order valence-electron chi connectivity index (χ2n) is 5.09. The van der Waals surface area contributed by atoms with Crippen LogP contribution < -0.4 is 5.32 Å². The first kappa shape index (κ1) is 15.7. The predicted octanol–water partition coefficient (Wildman–Crippen LogP) is 4.21. The van der Waals surface area contributed by atoms with E-state index in [0.29, 0.717) is 27.1 Å². The average molecular weight is 345 g/mol. The van der Waals surface area contributed by atoms with Crippen molar-refractivity contribution < 1.29 is 9.21 Å². The quantitative estimate of drug-likeness (QED) is 0.902. The molecule has 0 aliphatic carbocycles. The number of nitriles is 1. The third-order valence-electron chi connectivity index (χ3n) is 3.54. The Balaban J connectivity index is 1.83. The molecule has 1 N–H and O–H groups in total. The van der Waals surface area contributed by atoms with Gasteiger partial charge in [-0.3, -0.25) is 4.79 Å². The Bertz CT molecular complexity index is 776. The number of hydrogen-bond acceptors (Lipinski definition) is 4. The van der Waals surface area contributed by atoms with E-state index in [1.807, 2.05) is 24.3 Å². The molecule has 1 atom stereocenters. The van der Waals surface area contributed by atoms with Crippen molar-refractivity contribution in [3.63, 3.8) is 0 Å². The van der Waals surface area contributed by atoms with Gasteiger partial charge in [-0.2, -0.15) is 5.26 Å². The van der Waals surface area contributed by atoms with Gasteiger partial charge in [0.05, 0.1) is 28.9 Å². The largest absolute Gasteiger partial charge is 0.469 e. The molecule has 2 aromatic rings. The second kappa shape index (κ2) is 6.95. The topological polar surface area (TPSA) is 66.0 Å². The van der Waals surface area contributed by atoms with Crippen molar-refractivity contribution in [2.75, 3.05) is 0 Å². The molecular formula is C17H13ClN2O2S. The number of carbonyl (C=O) groups is 1. The van der Waals surface area contributed by atoms with Crippen LogP contribution in [0, 0.1) is 11.3 Å². The van der Waals surface area contributed by atoms with Gasteiger partial charge < -0.3 is 9.73 Å². The lowest BCUT2D eigenvalue weighted by Gasteiger charge is -2.23. The van der Waals surface area contributed by atoms with Gasteiger partial charge in [-0.25, -0.2) is 0 Å². The summed E-state index contributed by atoms with van der Waals surface area (Å²) in [6, 6.07) is 13.3. The Morgan fingerprint density at radius 2 is 2.13 bits per heavy atom. The van der Waals surface area contributed by atoms with Crippen LogP contribution in [-0.4, -0.2) is 5.91 Å². The lowest BCUT2D eigenvalue weighted by Crippen LogP contribution is -2.30. The summed E-state index contributed by atoms with van der Waals surface area (Å²) in [5, 5.41) is 13.6. The van der Waals surface area contributed by atoms with Crippen molar-refractivity contribution >= 4 is 29.3 Å². The van der Waals surface area contributed by atoms with Gasteiger partial charge in [0.25, 0.3) is 0 Å². The van der Waals surface area contributed by atoms with E-state index in [2.05, 4.69) is 11.4 Å². The number of rotatable bonds is 4. The van der Waals surface area contributed by atoms with Crippen LogP contribution in [0.25, 0.3) is 0 Å². The maximum atomic E-state index is 12.0. The van der Waals surface area contributed by atoms with E-state index in [9.17, 15) is 10.1 Å². The van der Waals surface area contributed by atoms with Crippen molar-refractivity contribution in [3.8, 4) is 6.07 Å². The standard InChI is InChI=1S/C17H13ClN2O2S/c18-12-5-3-11(4-6-12)10-23-17-14(9-19)13(8-16(21)20-17)15-2-1-7-22-15/h1-7,13H,8,10H2,(H,20,21)/t13-/m1/s1. The zero-order chi connectivity index (χ0) is 16.2. The Kier molecular flexibility index (Phi) is 4.75. The van der Waals surface area contributed by atoms with Gasteiger partial charge in [-0.15, -0.1) is 11.8 Å². The first-order chi connectivity index (χ1) is 11.2. The van der Waals surface area contributed by atoms with Gasteiger partial charge in [0.15, 0.2) is 0 Å². The van der Waals surface area contributed by atoms with Crippen molar-refractivity contribution in [3.05, 3.63) is 69.6 Å². The average Bonchev–Trinajstić information content (AvgIpc) is 3.08. The fourth-order valence-electron chi connectivity index (χ4n) is 2.40. The summed E-state index contributed by atoms with van der Waals surface area (Å²) in [7, 11) is 0. The fourth-order valence-corrected chi connectivity index (χ4v) is 3.56. The molecule has 0 saturated carbocycles. The van der Waals surface area contributed by atoms with E-state index < -0.39 is 0 Å². The lowest BCUT2D eigenvalue weighted by atomic mass is 9.92. The highest BCUT2D eigenvalue weighted by atomic mass is 35.5. The first-order valence-electron chi connectivity index (χ1n) is 7.02. The van der Waals surface area contributed by atoms with E-state index in [1.54, 1.807) is 18.4 Å². The predicted molar refractivity (Wildman–Crippen MR) is 89.6 cm³/mol. The Hall–Kier alpha value is -2.16. The number of allylic oxidation sites excluding steroid dienone is 1. The first-order valence-corrected chi connectivity index (χ1v) is 8.38. The molecule has 116 valence electrons. The van der Waals surface area contributed by atoms with Gasteiger partial charge >= 0.3 is 0 Å². The van der Waals surface area contributed by atoms with Gasteiger partial charge in [-0.05, 0) is 29.8 Å². The van der Waals surface area contributed by atoms with E-state index in [-0.39, 0.29) is 18.2 Å². The Labute approximate surface area is 143 Å². The minimum absolute atomic E-state index is 0.107. The summed E-state index contributed by atoms with van der Waals surface area (Å²) >= 11 is 7.31. The number of nitrogens with zero attached hydrogens (tertiary/aromatic N) is 1. The molecular weight excluding hydrogens is 332 g/mol. The van der Waals surface area contributed by atoms with E-state index in [1.165, 1.54) is 11.8 Å². The smallest absolute Gasteiger partial charge is 0.225 e. The molecule has 1 aliphatic rings. The van der Waals surface area contributed by atoms with Crippen LogP contribution in [-0.2, 0) is 10.5 Å². The Morgan fingerprint density at radius 3 is 2.78 bits per heavy atom. The molecule has 2 heterocycles. The highest BCUT2D eigenvalue weighted by Gasteiger charge is 2.31. The summed E-state index contributed by atoms with van der Waals surface area (Å²) in [5.41, 5.74) is 1.61. The summed E-state index contributed by atoms with van der Waals surface area (Å²) in [6.45, 7) is 0. The summed E-state index contributed by atoms with van der Waals surface area (Å²) in [4.78, 5) is 12.0. The van der Waals surface area contributed by atoms with Crippen LogP contribution in [0.2, 0.25) is 5.02 Å². The van der Waals surface area contributed by atoms with Crippen molar-refractivity contribution in [1.82, 2.24) is 5.32 Å². The van der Waals surface area contributed by atoms with E-state index >= 15 is 0 Å². The van der Waals surface area contributed by atoms with Crippen LogP contribution in [0.5, 0.6) is 0 Å². The van der Waals surface area contributed by atoms with Crippen molar-refractivity contribution in [2.24, 2.45) is 0 Å². The summed E-state index contributed by atoms with van der Waals surface area (Å²) in [6.07, 6.45) is 1.78. The van der Waals surface area contributed by atoms with Gasteiger partial charge in [-0.1, -0.05) is 23.7 Å². The number of benzene rings is 1. The molecule has 0 saturated heterocycles. The molecule has 0 unspecified atom stereocenters. The van der Waals surface area contributed by atoms with Crippen LogP contribution in [0.1, 0.15) is 23.7 Å². The molecule has 0 fully saturated rings. The lowest BCUT2D eigenvalue weighted by molar-refractivity contribution is -0.120. The normalized spacial score (nSPS) is 17.7. The fraction of sp³-hybridized carbons (Fsp3) is 0.176. The number of amides is 1. The SMILES string of the molecule is N#CC1=C(SCc2ccc(Cl)cc2)NC(=O)C[C@H]1c1ccco1. The van der Waals surface area contributed by atoms with Gasteiger partial charge in [0.1, 0.15) is 5.76 Å². The number of halogens is 1. The van der Waals surface area contributed by atoms with E-state index in [4.69, 9.17) is 16.0 Å². The third-order valence-corrected chi connectivity index (χ3v) is 4.88. The van der Waals surface area contributed by atoms with Gasteiger partial charge in [0.2, 0.25) is 5.91 Å². The number of furan rings is 1. The second-order valence-corrected chi connectivity index (χ2v) is 6.51. The maximum Gasteiger partial charge on any atom is 0.225 e. The van der Waals surface area contributed by atoms with Crippen molar-refractivity contribution in [1.29, 1.82) is 5.26 Å². The van der Waals surface area contributed by atoms with Crippen LogP contribution in [0.4, 0.5) is 0 Å². The molecule has 0 radical (unpaired) electrons. The zero-order valence-corrected chi connectivity index (χ0v) is 13.7. The number of nitrogens with one attached hydrogen (secondary N) is 1. The molecule has 0 spiro atoms. The molecule has 1 amide bonds.